The predicted molar refractivity (Wildman–Crippen MR) is 104 cm³/mol. The van der Waals surface area contributed by atoms with Crippen LogP contribution in [0.1, 0.15) is 48.7 Å². The topological polar surface area (TPSA) is 75.0 Å². The molecule has 1 aliphatic heterocycles. The third-order valence-corrected chi connectivity index (χ3v) is 5.37. The van der Waals surface area contributed by atoms with Crippen LogP contribution in [0.5, 0.6) is 0 Å². The van der Waals surface area contributed by atoms with Crippen molar-refractivity contribution in [3.05, 3.63) is 53.3 Å². The summed E-state index contributed by atoms with van der Waals surface area (Å²) in [7, 11) is 0. The zero-order valence-corrected chi connectivity index (χ0v) is 15.5. The van der Waals surface area contributed by atoms with Crippen molar-refractivity contribution < 1.29 is 9.18 Å². The van der Waals surface area contributed by atoms with Crippen LogP contribution in [0.15, 0.2) is 36.4 Å². The average molecular weight is 366 g/mol. The summed E-state index contributed by atoms with van der Waals surface area (Å²) in [4.78, 5) is 21.5. The van der Waals surface area contributed by atoms with Gasteiger partial charge in [-0.2, -0.15) is 0 Å². The number of para-hydroxylation sites is 1. The first-order valence-corrected chi connectivity index (χ1v) is 9.30. The third-order valence-electron chi connectivity index (χ3n) is 5.37. The molecule has 27 heavy (non-hydrogen) atoms. The SMILES string of the molecule is CC(C)N1CCCC1c1ccc(-c2nc3c(C(N)=O)cccc3[nH]2)c(F)c1. The van der Waals surface area contributed by atoms with E-state index >= 15 is 0 Å². The summed E-state index contributed by atoms with van der Waals surface area (Å²) in [5.74, 6) is -0.470. The number of primary amides is 1. The largest absolute Gasteiger partial charge is 0.366 e. The van der Waals surface area contributed by atoms with Gasteiger partial charge >= 0.3 is 0 Å². The number of nitrogens with two attached hydrogens (primary N) is 1. The highest BCUT2D eigenvalue weighted by Gasteiger charge is 2.28. The number of nitrogens with zero attached hydrogens (tertiary/aromatic N) is 2. The fraction of sp³-hybridized carbons (Fsp3) is 0.333. The maximum Gasteiger partial charge on any atom is 0.250 e. The molecule has 0 saturated carbocycles. The Bertz CT molecular complexity index is 1010. The standard InChI is InChI=1S/C21H23FN4O/c1-12(2)26-10-4-7-18(26)13-8-9-14(16(22)11-13)21-24-17-6-3-5-15(20(23)27)19(17)25-21/h3,5-6,8-9,11-12,18H,4,7,10H2,1-2H3,(H2,23,27)(H,24,25). The van der Waals surface area contributed by atoms with Gasteiger partial charge in [-0.15, -0.1) is 0 Å². The van der Waals surface area contributed by atoms with E-state index in [-0.39, 0.29) is 11.9 Å². The second-order valence-electron chi connectivity index (χ2n) is 7.38. The van der Waals surface area contributed by atoms with Crippen molar-refractivity contribution in [2.75, 3.05) is 6.54 Å². The number of halogens is 1. The Hall–Kier alpha value is -2.73. The van der Waals surface area contributed by atoms with Gasteiger partial charge in [0, 0.05) is 12.1 Å². The number of imidazole rings is 1. The van der Waals surface area contributed by atoms with Crippen LogP contribution in [0.25, 0.3) is 22.4 Å². The van der Waals surface area contributed by atoms with Crippen LogP contribution < -0.4 is 5.73 Å². The van der Waals surface area contributed by atoms with E-state index in [1.165, 1.54) is 0 Å². The molecule has 1 aliphatic rings. The Morgan fingerprint density at radius 2 is 2.15 bits per heavy atom. The number of amides is 1. The number of carbonyl (C=O) groups is 1. The summed E-state index contributed by atoms with van der Waals surface area (Å²) in [5.41, 5.74) is 8.24. The zero-order chi connectivity index (χ0) is 19.1. The van der Waals surface area contributed by atoms with Crippen molar-refractivity contribution in [2.24, 2.45) is 5.73 Å². The molecule has 1 amide bonds. The van der Waals surface area contributed by atoms with E-state index in [4.69, 9.17) is 5.73 Å². The van der Waals surface area contributed by atoms with Gasteiger partial charge in [0.2, 0.25) is 0 Å². The molecule has 1 aromatic heterocycles. The highest BCUT2D eigenvalue weighted by atomic mass is 19.1. The van der Waals surface area contributed by atoms with Gasteiger partial charge in [0.25, 0.3) is 5.91 Å². The number of benzene rings is 2. The summed E-state index contributed by atoms with van der Waals surface area (Å²) >= 11 is 0. The van der Waals surface area contributed by atoms with Crippen molar-refractivity contribution in [3.63, 3.8) is 0 Å². The maximum absolute atomic E-state index is 14.9. The van der Waals surface area contributed by atoms with E-state index in [9.17, 15) is 9.18 Å². The first-order valence-electron chi connectivity index (χ1n) is 9.30. The Balaban J connectivity index is 1.72. The number of H-pyrrole nitrogens is 1. The Morgan fingerprint density at radius 3 is 2.85 bits per heavy atom. The van der Waals surface area contributed by atoms with Gasteiger partial charge in [-0.1, -0.05) is 12.1 Å². The van der Waals surface area contributed by atoms with Gasteiger partial charge in [0.05, 0.1) is 16.6 Å². The van der Waals surface area contributed by atoms with Crippen molar-refractivity contribution in [1.29, 1.82) is 0 Å². The summed E-state index contributed by atoms with van der Waals surface area (Å²) in [5, 5.41) is 0. The Kier molecular flexibility index (Phi) is 4.44. The molecule has 140 valence electrons. The Labute approximate surface area is 157 Å². The van der Waals surface area contributed by atoms with Gasteiger partial charge in [-0.25, -0.2) is 9.37 Å². The molecule has 0 spiro atoms. The second-order valence-corrected chi connectivity index (χ2v) is 7.38. The van der Waals surface area contributed by atoms with Gasteiger partial charge in [-0.05, 0) is 63.1 Å². The average Bonchev–Trinajstić information content (AvgIpc) is 3.28. The zero-order valence-electron chi connectivity index (χ0n) is 15.5. The van der Waals surface area contributed by atoms with Gasteiger partial charge in [-0.3, -0.25) is 9.69 Å². The fourth-order valence-corrected chi connectivity index (χ4v) is 4.05. The Morgan fingerprint density at radius 1 is 1.33 bits per heavy atom. The van der Waals surface area contributed by atoms with Crippen LogP contribution in [-0.2, 0) is 0 Å². The number of likely N-dealkylation sites (tertiary alicyclic amines) is 1. The molecule has 3 N–H and O–H groups in total. The molecule has 1 saturated heterocycles. The number of hydrogen-bond acceptors (Lipinski definition) is 3. The van der Waals surface area contributed by atoms with Crippen molar-refractivity contribution >= 4 is 16.9 Å². The van der Waals surface area contributed by atoms with Crippen molar-refractivity contribution in [3.8, 4) is 11.4 Å². The number of nitrogens with one attached hydrogen (secondary N) is 1. The minimum absolute atomic E-state index is 0.255. The van der Waals surface area contributed by atoms with Crippen LogP contribution in [-0.4, -0.2) is 33.4 Å². The molecule has 5 nitrogen and oxygen atoms in total. The first kappa shape index (κ1) is 17.7. The number of carbonyl (C=O) groups excluding carboxylic acids is 1. The number of fused-ring (bicyclic) bond motifs is 1. The summed E-state index contributed by atoms with van der Waals surface area (Å²) in [6.07, 6.45) is 2.18. The van der Waals surface area contributed by atoms with E-state index in [0.29, 0.717) is 34.0 Å². The molecule has 6 heteroatoms. The van der Waals surface area contributed by atoms with Crippen molar-refractivity contribution in [1.82, 2.24) is 14.9 Å². The summed E-state index contributed by atoms with van der Waals surface area (Å²) in [6.45, 7) is 5.40. The lowest BCUT2D eigenvalue weighted by molar-refractivity contribution is 0.100. The number of hydrogen-bond donors (Lipinski definition) is 2. The minimum Gasteiger partial charge on any atom is -0.366 e. The molecule has 3 aromatic rings. The first-order chi connectivity index (χ1) is 13.0. The lowest BCUT2D eigenvalue weighted by Gasteiger charge is -2.28. The molecule has 1 atom stereocenters. The van der Waals surface area contributed by atoms with Crippen LogP contribution in [0.3, 0.4) is 0 Å². The predicted octanol–water partition coefficient (Wildman–Crippen LogP) is 4.01. The van der Waals surface area contributed by atoms with E-state index in [2.05, 4.69) is 28.7 Å². The van der Waals surface area contributed by atoms with Crippen LogP contribution in [0.2, 0.25) is 0 Å². The van der Waals surface area contributed by atoms with Crippen molar-refractivity contribution in [2.45, 2.75) is 38.8 Å². The monoisotopic (exact) mass is 366 g/mol. The minimum atomic E-state index is -0.551. The number of aromatic nitrogens is 2. The van der Waals surface area contributed by atoms with E-state index < -0.39 is 5.91 Å². The fourth-order valence-electron chi connectivity index (χ4n) is 4.05. The normalized spacial score (nSPS) is 17.9. The molecule has 2 aromatic carbocycles. The molecular formula is C21H23FN4O. The molecule has 4 rings (SSSR count). The number of aromatic amines is 1. The van der Waals surface area contributed by atoms with Gasteiger partial charge in [0.15, 0.2) is 0 Å². The van der Waals surface area contributed by atoms with Gasteiger partial charge < -0.3 is 10.7 Å². The molecule has 0 aliphatic carbocycles. The lowest BCUT2D eigenvalue weighted by atomic mass is 10.0. The highest BCUT2D eigenvalue weighted by molar-refractivity contribution is 6.04. The molecular weight excluding hydrogens is 343 g/mol. The second kappa shape index (κ2) is 6.78. The summed E-state index contributed by atoms with van der Waals surface area (Å²) in [6, 6.07) is 11.2. The highest BCUT2D eigenvalue weighted by Crippen LogP contribution is 2.35. The molecule has 1 unspecified atom stereocenters. The number of rotatable bonds is 4. The molecule has 2 heterocycles. The lowest BCUT2D eigenvalue weighted by Crippen LogP contribution is -2.30. The quantitative estimate of drug-likeness (QED) is 0.732. The molecule has 1 fully saturated rings. The van der Waals surface area contributed by atoms with Crippen LogP contribution in [0.4, 0.5) is 4.39 Å². The third kappa shape index (κ3) is 3.10. The smallest absolute Gasteiger partial charge is 0.250 e. The van der Waals surface area contributed by atoms with Gasteiger partial charge in [0.1, 0.15) is 17.2 Å². The molecule has 0 bridgehead atoms. The van der Waals surface area contributed by atoms with Crippen LogP contribution in [0, 0.1) is 5.82 Å². The van der Waals surface area contributed by atoms with E-state index in [0.717, 1.165) is 24.9 Å². The van der Waals surface area contributed by atoms with E-state index in [1.54, 1.807) is 30.3 Å². The summed E-state index contributed by atoms with van der Waals surface area (Å²) < 4.78 is 14.9. The molecule has 0 radical (unpaired) electrons. The van der Waals surface area contributed by atoms with E-state index in [1.807, 2.05) is 6.07 Å². The maximum atomic E-state index is 14.9. The van der Waals surface area contributed by atoms with Crippen LogP contribution >= 0.6 is 0 Å².